The second-order valence-corrected chi connectivity index (χ2v) is 5.35. The van der Waals surface area contributed by atoms with Gasteiger partial charge in [0.25, 0.3) is 5.91 Å². The molecule has 0 aliphatic heterocycles. The van der Waals surface area contributed by atoms with E-state index in [9.17, 15) is 13.6 Å². The van der Waals surface area contributed by atoms with Crippen molar-refractivity contribution in [1.82, 2.24) is 10.2 Å². The Morgan fingerprint density at radius 1 is 1.12 bits per heavy atom. The third-order valence-electron chi connectivity index (χ3n) is 3.74. The van der Waals surface area contributed by atoms with Crippen LogP contribution in [-0.4, -0.2) is 23.2 Å². The highest BCUT2D eigenvalue weighted by molar-refractivity contribution is 6.06. The molecule has 128 valence electrons. The minimum Gasteiger partial charge on any atom is -0.497 e. The number of hydrogen-bond acceptors (Lipinski definition) is 3. The molecular weight excluding hydrogens is 328 g/mol. The van der Waals surface area contributed by atoms with E-state index in [1.807, 2.05) is 0 Å². The molecule has 0 bridgehead atoms. The quantitative estimate of drug-likeness (QED) is 0.754. The molecule has 25 heavy (non-hydrogen) atoms. The van der Waals surface area contributed by atoms with Gasteiger partial charge in [-0.3, -0.25) is 9.89 Å². The van der Waals surface area contributed by atoms with E-state index in [1.165, 1.54) is 6.07 Å². The fraction of sp³-hybridized carbons (Fsp3) is 0.111. The van der Waals surface area contributed by atoms with Crippen LogP contribution in [0.5, 0.6) is 5.75 Å². The molecule has 0 fully saturated rings. The first-order valence-corrected chi connectivity index (χ1v) is 7.46. The van der Waals surface area contributed by atoms with Crippen molar-refractivity contribution in [2.75, 3.05) is 12.4 Å². The molecule has 0 aliphatic carbocycles. The SMILES string of the molecule is COc1ccc(-c2n[nH]c(C)c2NC(=O)c2c(F)cccc2F)cc1. The lowest BCUT2D eigenvalue weighted by Gasteiger charge is -2.09. The Morgan fingerprint density at radius 2 is 1.76 bits per heavy atom. The number of nitrogens with zero attached hydrogens (tertiary/aromatic N) is 1. The summed E-state index contributed by atoms with van der Waals surface area (Å²) in [5.41, 5.74) is 1.47. The number of H-pyrrole nitrogens is 1. The zero-order valence-corrected chi connectivity index (χ0v) is 13.6. The molecule has 2 N–H and O–H groups in total. The lowest BCUT2D eigenvalue weighted by atomic mass is 10.1. The number of ether oxygens (including phenoxy) is 1. The van der Waals surface area contributed by atoms with E-state index < -0.39 is 23.1 Å². The largest absolute Gasteiger partial charge is 0.497 e. The topological polar surface area (TPSA) is 67.0 Å². The first kappa shape index (κ1) is 16.6. The normalized spacial score (nSPS) is 10.6. The fourth-order valence-corrected chi connectivity index (χ4v) is 2.43. The van der Waals surface area contributed by atoms with Crippen LogP contribution in [0.1, 0.15) is 16.1 Å². The highest BCUT2D eigenvalue weighted by atomic mass is 19.1. The van der Waals surface area contributed by atoms with Crippen molar-refractivity contribution < 1.29 is 18.3 Å². The molecule has 1 heterocycles. The van der Waals surface area contributed by atoms with E-state index in [0.717, 1.165) is 17.7 Å². The number of aromatic nitrogens is 2. The van der Waals surface area contributed by atoms with Crippen molar-refractivity contribution in [2.24, 2.45) is 0 Å². The number of nitrogens with one attached hydrogen (secondary N) is 2. The summed E-state index contributed by atoms with van der Waals surface area (Å²) in [6, 6.07) is 10.3. The molecular formula is C18H15F2N3O2. The minimum absolute atomic E-state index is 0.359. The van der Waals surface area contributed by atoms with Gasteiger partial charge in [-0.25, -0.2) is 8.78 Å². The standard InChI is InChI=1S/C18H15F2N3O2/c1-10-16(21-18(24)15-13(19)4-3-5-14(15)20)17(23-22-10)11-6-8-12(25-2)9-7-11/h3-9H,1-2H3,(H,21,24)(H,22,23). The highest BCUT2D eigenvalue weighted by Crippen LogP contribution is 2.30. The smallest absolute Gasteiger partial charge is 0.261 e. The molecule has 1 aromatic heterocycles. The lowest BCUT2D eigenvalue weighted by molar-refractivity contribution is 0.101. The number of aromatic amines is 1. The Balaban J connectivity index is 1.95. The number of aryl methyl sites for hydroxylation is 1. The maximum absolute atomic E-state index is 13.8. The molecule has 2 aromatic carbocycles. The Kier molecular flexibility index (Phi) is 4.47. The van der Waals surface area contributed by atoms with Crippen molar-refractivity contribution in [3.8, 4) is 17.0 Å². The lowest BCUT2D eigenvalue weighted by Crippen LogP contribution is -2.16. The van der Waals surface area contributed by atoms with Crippen molar-refractivity contribution in [3.05, 3.63) is 65.4 Å². The number of amides is 1. The summed E-state index contributed by atoms with van der Waals surface area (Å²) in [6.07, 6.45) is 0. The number of halogens is 2. The summed E-state index contributed by atoms with van der Waals surface area (Å²) in [7, 11) is 1.56. The summed E-state index contributed by atoms with van der Waals surface area (Å²) < 4.78 is 32.7. The van der Waals surface area contributed by atoms with Crippen LogP contribution in [0.3, 0.4) is 0 Å². The fourth-order valence-electron chi connectivity index (χ4n) is 2.43. The van der Waals surface area contributed by atoms with Crippen LogP contribution in [0.15, 0.2) is 42.5 Å². The molecule has 0 saturated heterocycles. The molecule has 0 spiro atoms. The monoisotopic (exact) mass is 343 g/mol. The second kappa shape index (κ2) is 6.72. The van der Waals surface area contributed by atoms with Gasteiger partial charge in [-0.1, -0.05) is 6.07 Å². The molecule has 0 atom stereocenters. The molecule has 0 saturated carbocycles. The average Bonchev–Trinajstić information content (AvgIpc) is 2.95. The number of rotatable bonds is 4. The number of methoxy groups -OCH3 is 1. The predicted molar refractivity (Wildman–Crippen MR) is 89.6 cm³/mol. The Labute approximate surface area is 142 Å². The molecule has 3 rings (SSSR count). The predicted octanol–water partition coefficient (Wildman–Crippen LogP) is 3.92. The Hall–Kier alpha value is -3.22. The number of carbonyl (C=O) groups is 1. The van der Waals surface area contributed by atoms with Gasteiger partial charge in [0.1, 0.15) is 28.6 Å². The van der Waals surface area contributed by atoms with Gasteiger partial charge in [-0.2, -0.15) is 5.10 Å². The summed E-state index contributed by atoms with van der Waals surface area (Å²) in [5, 5.41) is 9.47. The molecule has 0 radical (unpaired) electrons. The van der Waals surface area contributed by atoms with Gasteiger partial charge >= 0.3 is 0 Å². The number of hydrogen-bond donors (Lipinski definition) is 2. The van der Waals surface area contributed by atoms with Crippen molar-refractivity contribution in [2.45, 2.75) is 6.92 Å². The highest BCUT2D eigenvalue weighted by Gasteiger charge is 2.21. The number of anilines is 1. The van der Waals surface area contributed by atoms with Crippen LogP contribution < -0.4 is 10.1 Å². The van der Waals surface area contributed by atoms with E-state index in [0.29, 0.717) is 22.8 Å². The number of benzene rings is 2. The summed E-state index contributed by atoms with van der Waals surface area (Å²) in [6.45, 7) is 1.70. The van der Waals surface area contributed by atoms with Gasteiger partial charge < -0.3 is 10.1 Å². The molecule has 1 amide bonds. The van der Waals surface area contributed by atoms with Gasteiger partial charge in [0.15, 0.2) is 0 Å². The third-order valence-corrected chi connectivity index (χ3v) is 3.74. The van der Waals surface area contributed by atoms with Gasteiger partial charge in [-0.05, 0) is 43.3 Å². The van der Waals surface area contributed by atoms with E-state index in [2.05, 4.69) is 15.5 Å². The van der Waals surface area contributed by atoms with Crippen LogP contribution in [0, 0.1) is 18.6 Å². The van der Waals surface area contributed by atoms with E-state index in [4.69, 9.17) is 4.74 Å². The first-order valence-electron chi connectivity index (χ1n) is 7.46. The van der Waals surface area contributed by atoms with Crippen LogP contribution in [0.4, 0.5) is 14.5 Å². The number of carbonyl (C=O) groups excluding carboxylic acids is 1. The molecule has 0 unspecified atom stereocenters. The van der Waals surface area contributed by atoms with Crippen LogP contribution >= 0.6 is 0 Å². The molecule has 0 aliphatic rings. The van der Waals surface area contributed by atoms with Crippen LogP contribution in [0.2, 0.25) is 0 Å². The maximum Gasteiger partial charge on any atom is 0.261 e. The van der Waals surface area contributed by atoms with Gasteiger partial charge in [0.2, 0.25) is 0 Å². The summed E-state index contributed by atoms with van der Waals surface area (Å²) >= 11 is 0. The van der Waals surface area contributed by atoms with Gasteiger partial charge in [0, 0.05) is 5.56 Å². The Bertz CT molecular complexity index is 900. The minimum atomic E-state index is -0.926. The zero-order chi connectivity index (χ0) is 18.0. The van der Waals surface area contributed by atoms with Crippen molar-refractivity contribution >= 4 is 11.6 Å². The van der Waals surface area contributed by atoms with Crippen LogP contribution in [0.25, 0.3) is 11.3 Å². The van der Waals surface area contributed by atoms with E-state index >= 15 is 0 Å². The average molecular weight is 343 g/mol. The molecule has 3 aromatic rings. The van der Waals surface area contributed by atoms with Gasteiger partial charge in [0.05, 0.1) is 18.5 Å². The van der Waals surface area contributed by atoms with Crippen LogP contribution in [-0.2, 0) is 0 Å². The maximum atomic E-state index is 13.8. The molecule has 5 nitrogen and oxygen atoms in total. The second-order valence-electron chi connectivity index (χ2n) is 5.35. The Morgan fingerprint density at radius 3 is 2.36 bits per heavy atom. The molecule has 7 heteroatoms. The van der Waals surface area contributed by atoms with Crippen molar-refractivity contribution in [3.63, 3.8) is 0 Å². The summed E-state index contributed by atoms with van der Waals surface area (Å²) in [5.74, 6) is -2.06. The first-order chi connectivity index (χ1) is 12.0. The van der Waals surface area contributed by atoms with E-state index in [-0.39, 0.29) is 0 Å². The van der Waals surface area contributed by atoms with E-state index in [1.54, 1.807) is 38.3 Å². The third kappa shape index (κ3) is 3.21. The zero-order valence-electron chi connectivity index (χ0n) is 13.6. The summed E-state index contributed by atoms with van der Waals surface area (Å²) in [4.78, 5) is 12.3. The van der Waals surface area contributed by atoms with Gasteiger partial charge in [-0.15, -0.1) is 0 Å². The van der Waals surface area contributed by atoms with Crippen molar-refractivity contribution in [1.29, 1.82) is 0 Å².